The molecule has 1 aromatic heterocycles. The number of nitrogens with one attached hydrogen (secondary N) is 1. The standard InChI is InChI=1S/C22H21N3O5/c1-15(26)19(11-16-7-3-2-4-8-16)24-20(27)13-30-21(28)12-25-14-23-18-10-6-5-9-17(18)22(25)29/h2-10,14,19H,11-13H2,1H3,(H,24,27)/t19-/m1/s1. The first-order chi connectivity index (χ1) is 14.4. The third-order valence-corrected chi connectivity index (χ3v) is 4.50. The zero-order valence-corrected chi connectivity index (χ0v) is 16.4. The van der Waals surface area contributed by atoms with Crippen molar-refractivity contribution in [1.29, 1.82) is 0 Å². The van der Waals surface area contributed by atoms with Gasteiger partial charge < -0.3 is 10.1 Å². The fourth-order valence-corrected chi connectivity index (χ4v) is 2.93. The maximum atomic E-state index is 12.4. The Labute approximate surface area is 172 Å². The molecule has 3 aromatic rings. The van der Waals surface area contributed by atoms with Crippen molar-refractivity contribution >= 4 is 28.6 Å². The van der Waals surface area contributed by atoms with Crippen molar-refractivity contribution < 1.29 is 19.1 Å². The molecule has 1 N–H and O–H groups in total. The number of ketones is 1. The molecule has 8 heteroatoms. The van der Waals surface area contributed by atoms with Gasteiger partial charge in [-0.05, 0) is 31.0 Å². The molecule has 30 heavy (non-hydrogen) atoms. The van der Waals surface area contributed by atoms with Crippen LogP contribution in [0.25, 0.3) is 10.9 Å². The van der Waals surface area contributed by atoms with Crippen LogP contribution in [-0.2, 0) is 32.1 Å². The number of rotatable bonds is 8. The molecule has 1 amide bonds. The molecule has 0 aliphatic carbocycles. The third kappa shape index (κ3) is 5.38. The van der Waals surface area contributed by atoms with Gasteiger partial charge in [0.2, 0.25) is 0 Å². The van der Waals surface area contributed by atoms with Crippen molar-refractivity contribution in [1.82, 2.24) is 14.9 Å². The Morgan fingerprint density at radius 3 is 2.50 bits per heavy atom. The van der Waals surface area contributed by atoms with Gasteiger partial charge in [0.1, 0.15) is 6.54 Å². The number of amides is 1. The summed E-state index contributed by atoms with van der Waals surface area (Å²) in [6.45, 7) is 0.469. The zero-order chi connectivity index (χ0) is 21.5. The highest BCUT2D eigenvalue weighted by molar-refractivity contribution is 5.88. The summed E-state index contributed by atoms with van der Waals surface area (Å²) in [5, 5.41) is 2.96. The van der Waals surface area contributed by atoms with E-state index in [0.717, 1.165) is 10.1 Å². The highest BCUT2D eigenvalue weighted by Gasteiger charge is 2.19. The summed E-state index contributed by atoms with van der Waals surface area (Å²) >= 11 is 0. The third-order valence-electron chi connectivity index (χ3n) is 4.50. The molecular weight excluding hydrogens is 386 g/mol. The molecule has 0 bridgehead atoms. The normalized spacial score (nSPS) is 11.6. The van der Waals surface area contributed by atoms with Gasteiger partial charge in [-0.1, -0.05) is 42.5 Å². The van der Waals surface area contributed by atoms with Gasteiger partial charge >= 0.3 is 5.97 Å². The molecule has 1 heterocycles. The van der Waals surface area contributed by atoms with Crippen molar-refractivity contribution in [2.24, 2.45) is 0 Å². The SMILES string of the molecule is CC(=O)[C@@H](Cc1ccccc1)NC(=O)COC(=O)Cn1cnc2ccccc2c1=O. The van der Waals surface area contributed by atoms with Crippen LogP contribution in [0.3, 0.4) is 0 Å². The van der Waals surface area contributed by atoms with Gasteiger partial charge in [0.05, 0.1) is 23.3 Å². The first-order valence-electron chi connectivity index (χ1n) is 9.37. The average molecular weight is 407 g/mol. The lowest BCUT2D eigenvalue weighted by Gasteiger charge is -2.16. The molecule has 2 aromatic carbocycles. The molecule has 0 unspecified atom stereocenters. The molecule has 154 valence electrons. The summed E-state index contributed by atoms with van der Waals surface area (Å²) in [6, 6.07) is 15.3. The van der Waals surface area contributed by atoms with E-state index in [-0.39, 0.29) is 17.9 Å². The lowest BCUT2D eigenvalue weighted by molar-refractivity contribution is -0.149. The Balaban J connectivity index is 1.55. The Morgan fingerprint density at radius 1 is 1.07 bits per heavy atom. The topological polar surface area (TPSA) is 107 Å². The van der Waals surface area contributed by atoms with Crippen LogP contribution >= 0.6 is 0 Å². The number of nitrogens with zero attached hydrogens (tertiary/aromatic N) is 2. The molecule has 1 atom stereocenters. The summed E-state index contributed by atoms with van der Waals surface area (Å²) in [5.74, 6) is -1.55. The minimum absolute atomic E-state index is 0.202. The molecule has 8 nitrogen and oxygen atoms in total. The number of benzene rings is 2. The van der Waals surface area contributed by atoms with Crippen LogP contribution in [0.1, 0.15) is 12.5 Å². The van der Waals surface area contributed by atoms with Crippen molar-refractivity contribution in [2.75, 3.05) is 6.61 Å². The number of ether oxygens (including phenoxy) is 1. The molecule has 0 saturated carbocycles. The van der Waals surface area contributed by atoms with Crippen LogP contribution in [0, 0.1) is 0 Å². The largest absolute Gasteiger partial charge is 0.454 e. The molecule has 0 fully saturated rings. The van der Waals surface area contributed by atoms with E-state index < -0.39 is 24.5 Å². The monoisotopic (exact) mass is 407 g/mol. The number of para-hydroxylation sites is 1. The Morgan fingerprint density at radius 2 is 1.77 bits per heavy atom. The molecule has 0 saturated heterocycles. The quantitative estimate of drug-likeness (QED) is 0.563. The van der Waals surface area contributed by atoms with Crippen LogP contribution in [0.4, 0.5) is 0 Å². The summed E-state index contributed by atoms with van der Waals surface area (Å²) in [7, 11) is 0. The van der Waals surface area contributed by atoms with Crippen molar-refractivity contribution in [2.45, 2.75) is 25.9 Å². The van der Waals surface area contributed by atoms with E-state index in [2.05, 4.69) is 10.3 Å². The maximum Gasteiger partial charge on any atom is 0.326 e. The van der Waals surface area contributed by atoms with Crippen molar-refractivity contribution in [3.05, 3.63) is 76.8 Å². The number of Topliss-reactive ketones (excluding diaryl/α,β-unsaturated/α-hetero) is 1. The first-order valence-corrected chi connectivity index (χ1v) is 9.37. The van der Waals surface area contributed by atoms with E-state index in [1.165, 1.54) is 13.3 Å². The first kappa shape index (κ1) is 20.9. The second-order valence-corrected chi connectivity index (χ2v) is 6.78. The number of hydrogen-bond acceptors (Lipinski definition) is 6. The number of carbonyl (C=O) groups is 3. The molecule has 0 aliphatic heterocycles. The van der Waals surface area contributed by atoms with Gasteiger partial charge in [-0.2, -0.15) is 0 Å². The van der Waals surface area contributed by atoms with E-state index in [1.54, 1.807) is 24.3 Å². The fourth-order valence-electron chi connectivity index (χ4n) is 2.93. The van der Waals surface area contributed by atoms with E-state index in [9.17, 15) is 19.2 Å². The Hall–Kier alpha value is -3.81. The van der Waals surface area contributed by atoms with E-state index in [0.29, 0.717) is 17.3 Å². The van der Waals surface area contributed by atoms with Gasteiger partial charge in [0.15, 0.2) is 12.4 Å². The number of hydrogen-bond donors (Lipinski definition) is 1. The minimum atomic E-state index is -0.758. The molecule has 0 aliphatic rings. The summed E-state index contributed by atoms with van der Waals surface area (Å²) in [5.41, 5.74) is 1.06. The number of carbonyl (C=O) groups excluding carboxylic acids is 3. The van der Waals surface area contributed by atoms with Crippen LogP contribution in [0.5, 0.6) is 0 Å². The number of aromatic nitrogens is 2. The maximum absolute atomic E-state index is 12.4. The number of esters is 1. The van der Waals surface area contributed by atoms with Gasteiger partial charge in [0, 0.05) is 0 Å². The molecular formula is C22H21N3O5. The van der Waals surface area contributed by atoms with E-state index in [4.69, 9.17) is 4.74 Å². The zero-order valence-electron chi connectivity index (χ0n) is 16.4. The van der Waals surface area contributed by atoms with Crippen LogP contribution < -0.4 is 10.9 Å². The summed E-state index contributed by atoms with van der Waals surface area (Å²) in [4.78, 5) is 52.5. The van der Waals surface area contributed by atoms with Crippen LogP contribution in [0.15, 0.2) is 65.7 Å². The smallest absolute Gasteiger partial charge is 0.326 e. The van der Waals surface area contributed by atoms with Crippen LogP contribution in [0.2, 0.25) is 0 Å². The van der Waals surface area contributed by atoms with E-state index in [1.807, 2.05) is 30.3 Å². The number of fused-ring (bicyclic) bond motifs is 1. The highest BCUT2D eigenvalue weighted by Crippen LogP contribution is 2.05. The fraction of sp³-hybridized carbons (Fsp3) is 0.227. The predicted molar refractivity (Wildman–Crippen MR) is 110 cm³/mol. The molecule has 0 spiro atoms. The predicted octanol–water partition coefficient (Wildman–Crippen LogP) is 1.26. The van der Waals surface area contributed by atoms with Crippen molar-refractivity contribution in [3.8, 4) is 0 Å². The lowest BCUT2D eigenvalue weighted by atomic mass is 10.0. The van der Waals surface area contributed by atoms with Gasteiger partial charge in [-0.3, -0.25) is 23.7 Å². The lowest BCUT2D eigenvalue weighted by Crippen LogP contribution is -2.43. The highest BCUT2D eigenvalue weighted by atomic mass is 16.5. The molecule has 3 rings (SSSR count). The van der Waals surface area contributed by atoms with Crippen molar-refractivity contribution in [3.63, 3.8) is 0 Å². The molecule has 0 radical (unpaired) electrons. The second kappa shape index (κ2) is 9.60. The van der Waals surface area contributed by atoms with Gasteiger partial charge in [-0.25, -0.2) is 4.98 Å². The second-order valence-electron chi connectivity index (χ2n) is 6.78. The average Bonchev–Trinajstić information content (AvgIpc) is 2.74. The van der Waals surface area contributed by atoms with Gasteiger partial charge in [-0.15, -0.1) is 0 Å². The van der Waals surface area contributed by atoms with E-state index >= 15 is 0 Å². The van der Waals surface area contributed by atoms with Gasteiger partial charge in [0.25, 0.3) is 11.5 Å². The minimum Gasteiger partial charge on any atom is -0.454 e. The Kier molecular flexibility index (Phi) is 6.69. The Bertz CT molecular complexity index is 1120. The summed E-state index contributed by atoms with van der Waals surface area (Å²) < 4.78 is 6.08. The van der Waals surface area contributed by atoms with Crippen LogP contribution in [-0.4, -0.2) is 39.9 Å². The summed E-state index contributed by atoms with van der Waals surface area (Å²) in [6.07, 6.45) is 1.60.